The molecule has 0 aliphatic carbocycles. The molecule has 1 aliphatic heterocycles. The number of rotatable bonds is 5. The topological polar surface area (TPSA) is 110 Å². The summed E-state index contributed by atoms with van der Waals surface area (Å²) in [5, 5.41) is 12.8. The van der Waals surface area contributed by atoms with E-state index in [0.29, 0.717) is 47.6 Å². The Kier molecular flexibility index (Phi) is 5.83. The van der Waals surface area contributed by atoms with Crippen LogP contribution in [0.15, 0.2) is 36.7 Å². The highest BCUT2D eigenvalue weighted by Gasteiger charge is 2.31. The van der Waals surface area contributed by atoms with E-state index in [0.717, 1.165) is 0 Å². The Balaban J connectivity index is 1.58. The van der Waals surface area contributed by atoms with Crippen molar-refractivity contribution < 1.29 is 32.6 Å². The molecule has 9 nitrogen and oxygen atoms in total. The summed E-state index contributed by atoms with van der Waals surface area (Å²) in [7, 11) is 1.67. The van der Waals surface area contributed by atoms with Crippen molar-refractivity contribution >= 4 is 34.4 Å². The van der Waals surface area contributed by atoms with Gasteiger partial charge in [-0.25, -0.2) is 9.97 Å². The Morgan fingerprint density at radius 3 is 2.61 bits per heavy atom. The number of carbonyl (C=O) groups excluding carboxylic acids is 1. The second-order valence-electron chi connectivity index (χ2n) is 7.67. The molecule has 1 atom stereocenters. The lowest BCUT2D eigenvalue weighted by Gasteiger charge is -2.30. The Hall–Kier alpha value is -3.83. The fourth-order valence-corrected chi connectivity index (χ4v) is 3.84. The zero-order valence-corrected chi connectivity index (χ0v) is 17.5. The molecule has 1 aliphatic rings. The molecule has 0 spiro atoms. The largest absolute Gasteiger partial charge is 0.573 e. The van der Waals surface area contributed by atoms with Crippen LogP contribution in [-0.4, -0.2) is 55.9 Å². The van der Waals surface area contributed by atoms with E-state index in [9.17, 15) is 27.9 Å². The number of hydrogen-bond donors (Lipinski definition) is 2. The minimum Gasteiger partial charge on any atom is -0.481 e. The molecule has 12 heteroatoms. The molecule has 174 valence electrons. The van der Waals surface area contributed by atoms with Crippen LogP contribution in [0.4, 0.5) is 24.7 Å². The van der Waals surface area contributed by atoms with Crippen molar-refractivity contribution in [3.8, 4) is 5.75 Å². The van der Waals surface area contributed by atoms with Gasteiger partial charge < -0.3 is 24.6 Å². The number of piperidine rings is 1. The van der Waals surface area contributed by atoms with Gasteiger partial charge in [0.2, 0.25) is 0 Å². The number of amides is 1. The predicted octanol–water partition coefficient (Wildman–Crippen LogP) is 3.55. The number of alkyl halides is 3. The summed E-state index contributed by atoms with van der Waals surface area (Å²) in [5.74, 6) is -1.82. The van der Waals surface area contributed by atoms with E-state index in [1.807, 2.05) is 0 Å². The number of carboxylic acid groups (broad SMARTS) is 1. The Morgan fingerprint density at radius 1 is 1.21 bits per heavy atom. The number of aromatic nitrogens is 3. The Labute approximate surface area is 185 Å². The first-order valence-electron chi connectivity index (χ1n) is 10.1. The zero-order chi connectivity index (χ0) is 23.8. The van der Waals surface area contributed by atoms with Gasteiger partial charge in [-0.1, -0.05) is 0 Å². The fourth-order valence-electron chi connectivity index (χ4n) is 3.84. The Morgan fingerprint density at radius 2 is 1.94 bits per heavy atom. The first-order chi connectivity index (χ1) is 15.6. The highest BCUT2D eigenvalue weighted by atomic mass is 19.4. The molecule has 33 heavy (non-hydrogen) atoms. The van der Waals surface area contributed by atoms with E-state index in [1.54, 1.807) is 17.7 Å². The SMILES string of the molecule is Cn1c(C(=O)N2CCCC(C(=O)O)C2)cc2c(Nc3ccc(OC(F)(F)F)cc3)ncnc21. The van der Waals surface area contributed by atoms with Crippen LogP contribution in [0.1, 0.15) is 23.3 Å². The van der Waals surface area contributed by atoms with E-state index in [-0.39, 0.29) is 18.2 Å². The highest BCUT2D eigenvalue weighted by Crippen LogP contribution is 2.29. The lowest BCUT2D eigenvalue weighted by molar-refractivity contribution is -0.274. The van der Waals surface area contributed by atoms with Gasteiger partial charge in [-0.15, -0.1) is 13.2 Å². The summed E-state index contributed by atoms with van der Waals surface area (Å²) >= 11 is 0. The van der Waals surface area contributed by atoms with E-state index < -0.39 is 18.2 Å². The maximum Gasteiger partial charge on any atom is 0.573 e. The van der Waals surface area contributed by atoms with Gasteiger partial charge in [0.05, 0.1) is 11.3 Å². The smallest absolute Gasteiger partial charge is 0.481 e. The molecular formula is C21H20F3N5O4. The van der Waals surface area contributed by atoms with E-state index >= 15 is 0 Å². The highest BCUT2D eigenvalue weighted by molar-refractivity contribution is 6.01. The van der Waals surface area contributed by atoms with Crippen molar-refractivity contribution in [3.05, 3.63) is 42.4 Å². The minimum atomic E-state index is -4.78. The number of hydrogen-bond acceptors (Lipinski definition) is 6. The fraction of sp³-hybridized carbons (Fsp3) is 0.333. The summed E-state index contributed by atoms with van der Waals surface area (Å²) in [6, 6.07) is 6.77. The number of carboxylic acids is 1. The van der Waals surface area contributed by atoms with Crippen LogP contribution in [0, 0.1) is 5.92 Å². The third kappa shape index (κ3) is 4.83. The molecule has 3 heterocycles. The number of nitrogens with zero attached hydrogens (tertiary/aromatic N) is 4. The number of aliphatic carboxylic acids is 1. The number of nitrogens with one attached hydrogen (secondary N) is 1. The molecule has 1 amide bonds. The van der Waals surface area contributed by atoms with E-state index in [2.05, 4.69) is 20.0 Å². The monoisotopic (exact) mass is 463 g/mol. The number of benzene rings is 1. The summed E-state index contributed by atoms with van der Waals surface area (Å²) in [5.41, 5.74) is 1.26. The summed E-state index contributed by atoms with van der Waals surface area (Å²) in [4.78, 5) is 34.4. The normalized spacial score (nSPS) is 16.6. The van der Waals surface area contributed by atoms with Crippen LogP contribution in [-0.2, 0) is 11.8 Å². The van der Waals surface area contributed by atoms with Crippen molar-refractivity contribution in [2.24, 2.45) is 13.0 Å². The molecular weight excluding hydrogens is 443 g/mol. The first kappa shape index (κ1) is 22.4. The maximum absolute atomic E-state index is 13.1. The number of fused-ring (bicyclic) bond motifs is 1. The zero-order valence-electron chi connectivity index (χ0n) is 17.5. The molecule has 4 rings (SSSR count). The summed E-state index contributed by atoms with van der Waals surface area (Å²) < 4.78 is 42.5. The average molecular weight is 463 g/mol. The number of anilines is 2. The number of carbonyl (C=O) groups is 2. The number of aryl methyl sites for hydroxylation is 1. The predicted molar refractivity (Wildman–Crippen MR) is 111 cm³/mol. The molecule has 2 N–H and O–H groups in total. The van der Waals surface area contributed by atoms with Gasteiger partial charge in [0.15, 0.2) is 0 Å². The van der Waals surface area contributed by atoms with Gasteiger partial charge >= 0.3 is 12.3 Å². The van der Waals surface area contributed by atoms with Crippen molar-refractivity contribution in [1.82, 2.24) is 19.4 Å². The average Bonchev–Trinajstić information content (AvgIpc) is 3.11. The van der Waals surface area contributed by atoms with Crippen molar-refractivity contribution in [1.29, 1.82) is 0 Å². The van der Waals surface area contributed by atoms with Crippen LogP contribution in [0.25, 0.3) is 11.0 Å². The van der Waals surface area contributed by atoms with E-state index in [4.69, 9.17) is 0 Å². The van der Waals surface area contributed by atoms with E-state index in [1.165, 1.54) is 35.5 Å². The Bertz CT molecular complexity index is 1190. The van der Waals surface area contributed by atoms with Crippen LogP contribution >= 0.6 is 0 Å². The molecule has 3 aromatic rings. The van der Waals surface area contributed by atoms with Gasteiger partial charge in [0, 0.05) is 25.8 Å². The lowest BCUT2D eigenvalue weighted by atomic mass is 9.98. The second kappa shape index (κ2) is 8.60. The van der Waals surface area contributed by atoms with Gasteiger partial charge in [0.1, 0.15) is 29.2 Å². The van der Waals surface area contributed by atoms with Crippen molar-refractivity contribution in [2.45, 2.75) is 19.2 Å². The van der Waals surface area contributed by atoms with Crippen molar-refractivity contribution in [2.75, 3.05) is 18.4 Å². The molecule has 2 aromatic heterocycles. The van der Waals surface area contributed by atoms with Gasteiger partial charge in [-0.3, -0.25) is 9.59 Å². The van der Waals surface area contributed by atoms with Gasteiger partial charge in [0.25, 0.3) is 5.91 Å². The number of halogens is 3. The minimum absolute atomic E-state index is 0.138. The van der Waals surface area contributed by atoms with Crippen LogP contribution in [0.5, 0.6) is 5.75 Å². The third-order valence-electron chi connectivity index (χ3n) is 5.45. The van der Waals surface area contributed by atoms with Gasteiger partial charge in [-0.2, -0.15) is 0 Å². The molecule has 1 saturated heterocycles. The number of likely N-dealkylation sites (tertiary alicyclic amines) is 1. The quantitative estimate of drug-likeness (QED) is 0.596. The number of ether oxygens (including phenoxy) is 1. The molecule has 0 radical (unpaired) electrons. The summed E-state index contributed by atoms with van der Waals surface area (Å²) in [6.45, 7) is 0.603. The standard InChI is InChI=1S/C21H20F3N5O4/c1-28-16(19(30)29-8-2-3-12(10-29)20(31)32)9-15-17(25-11-26-18(15)28)27-13-4-6-14(7-5-13)33-21(22,23)24/h4-7,9,11-12H,2-3,8,10H2,1H3,(H,31,32)(H,25,26,27). The summed E-state index contributed by atoms with van der Waals surface area (Å²) in [6.07, 6.45) is -2.34. The van der Waals surface area contributed by atoms with Crippen LogP contribution < -0.4 is 10.1 Å². The molecule has 1 fully saturated rings. The lowest BCUT2D eigenvalue weighted by Crippen LogP contribution is -2.42. The third-order valence-corrected chi connectivity index (χ3v) is 5.45. The second-order valence-corrected chi connectivity index (χ2v) is 7.67. The first-order valence-corrected chi connectivity index (χ1v) is 10.1. The molecule has 0 bridgehead atoms. The van der Waals surface area contributed by atoms with Crippen LogP contribution in [0.2, 0.25) is 0 Å². The van der Waals surface area contributed by atoms with Crippen molar-refractivity contribution in [3.63, 3.8) is 0 Å². The molecule has 1 aromatic carbocycles. The van der Waals surface area contributed by atoms with Gasteiger partial charge in [-0.05, 0) is 43.2 Å². The maximum atomic E-state index is 13.1. The molecule has 1 unspecified atom stereocenters. The van der Waals surface area contributed by atoms with Crippen LogP contribution in [0.3, 0.4) is 0 Å². The molecule has 0 saturated carbocycles.